The van der Waals surface area contributed by atoms with Gasteiger partial charge in [0.05, 0.1) is 22.6 Å². The Balaban J connectivity index is 1.81. The summed E-state index contributed by atoms with van der Waals surface area (Å²) in [5, 5.41) is 0.574. The smallest absolute Gasteiger partial charge is 0.266 e. The van der Waals surface area contributed by atoms with Crippen molar-refractivity contribution in [2.75, 3.05) is 6.54 Å². The lowest BCUT2D eigenvalue weighted by Gasteiger charge is -2.32. The number of fused-ring (bicyclic) bond motifs is 1. The van der Waals surface area contributed by atoms with Crippen molar-refractivity contribution in [3.05, 3.63) is 106 Å². The lowest BCUT2D eigenvalue weighted by molar-refractivity contribution is -0.134. The van der Waals surface area contributed by atoms with Crippen molar-refractivity contribution in [2.45, 2.75) is 52.5 Å². The fourth-order valence-corrected chi connectivity index (χ4v) is 4.67. The van der Waals surface area contributed by atoms with E-state index in [0.717, 1.165) is 23.2 Å². The maximum Gasteiger partial charge on any atom is 0.266 e. The highest BCUT2D eigenvalue weighted by atomic mass is 16.2. The maximum atomic E-state index is 13.8. The number of nitrogens with zero attached hydrogens (tertiary/aromatic N) is 3. The Morgan fingerprint density at radius 3 is 2.43 bits per heavy atom. The Hall–Kier alpha value is -3.73. The molecule has 0 aliphatic carbocycles. The van der Waals surface area contributed by atoms with Crippen molar-refractivity contribution in [3.8, 4) is 5.69 Å². The molecule has 0 spiro atoms. The predicted molar refractivity (Wildman–Crippen MR) is 142 cm³/mol. The molecular weight excluding hydrogens is 434 g/mol. The zero-order valence-corrected chi connectivity index (χ0v) is 20.8. The van der Waals surface area contributed by atoms with Gasteiger partial charge in [0, 0.05) is 13.0 Å². The Kier molecular flexibility index (Phi) is 7.76. The zero-order valence-electron chi connectivity index (χ0n) is 20.8. The number of aromatic nitrogens is 2. The topological polar surface area (TPSA) is 55.2 Å². The molecule has 1 atom stereocenters. The van der Waals surface area contributed by atoms with Crippen molar-refractivity contribution in [2.24, 2.45) is 0 Å². The molecule has 0 radical (unpaired) electrons. The van der Waals surface area contributed by atoms with Crippen LogP contribution in [0.2, 0.25) is 0 Å². The molecule has 1 unspecified atom stereocenters. The highest BCUT2D eigenvalue weighted by Gasteiger charge is 2.28. The summed E-state index contributed by atoms with van der Waals surface area (Å²) in [4.78, 5) is 34.2. The predicted octanol–water partition coefficient (Wildman–Crippen LogP) is 6.02. The summed E-state index contributed by atoms with van der Waals surface area (Å²) >= 11 is 0. The highest BCUT2D eigenvalue weighted by Crippen LogP contribution is 2.27. The SMILES string of the molecule is CCCN(C(=O)CCc1ccccc1)C(CC)c1nc2ccccc2c(=O)n1-c1cccc(C)c1. The van der Waals surface area contributed by atoms with E-state index in [1.54, 1.807) is 4.57 Å². The first-order valence-electron chi connectivity index (χ1n) is 12.5. The van der Waals surface area contributed by atoms with E-state index in [4.69, 9.17) is 4.98 Å². The number of amides is 1. The van der Waals surface area contributed by atoms with E-state index in [-0.39, 0.29) is 17.5 Å². The molecule has 35 heavy (non-hydrogen) atoms. The number of aryl methyl sites for hydroxylation is 2. The molecule has 1 amide bonds. The number of carbonyl (C=O) groups is 1. The van der Waals surface area contributed by atoms with Gasteiger partial charge in [-0.25, -0.2) is 4.98 Å². The average Bonchev–Trinajstić information content (AvgIpc) is 2.88. The standard InChI is InChI=1S/C30H33N3O2/c1-4-20-32(28(34)19-18-23-13-7-6-8-14-23)27(5-2)29-31-26-17-10-9-16-25(26)30(35)33(29)24-15-11-12-22(3)21-24/h6-17,21,27H,4-5,18-20H2,1-3H3. The summed E-state index contributed by atoms with van der Waals surface area (Å²) in [6, 6.07) is 25.1. The summed E-state index contributed by atoms with van der Waals surface area (Å²) in [6.07, 6.45) is 2.60. The van der Waals surface area contributed by atoms with Gasteiger partial charge in [0.25, 0.3) is 5.56 Å². The van der Waals surface area contributed by atoms with Crippen LogP contribution in [-0.4, -0.2) is 26.9 Å². The molecular formula is C30H33N3O2. The van der Waals surface area contributed by atoms with Crippen molar-refractivity contribution < 1.29 is 4.79 Å². The minimum atomic E-state index is -0.309. The third-order valence-electron chi connectivity index (χ3n) is 6.38. The highest BCUT2D eigenvalue weighted by molar-refractivity contribution is 5.79. The second kappa shape index (κ2) is 11.1. The van der Waals surface area contributed by atoms with E-state index < -0.39 is 0 Å². The molecule has 0 bridgehead atoms. The number of hydrogen-bond acceptors (Lipinski definition) is 3. The van der Waals surface area contributed by atoms with Crippen LogP contribution >= 0.6 is 0 Å². The van der Waals surface area contributed by atoms with E-state index >= 15 is 0 Å². The van der Waals surface area contributed by atoms with Crippen molar-refractivity contribution >= 4 is 16.8 Å². The van der Waals surface area contributed by atoms with Crippen molar-refractivity contribution in [1.29, 1.82) is 0 Å². The molecule has 0 N–H and O–H groups in total. The molecule has 0 aliphatic heterocycles. The van der Waals surface area contributed by atoms with Crippen molar-refractivity contribution in [3.63, 3.8) is 0 Å². The molecule has 1 aromatic heterocycles. The minimum Gasteiger partial charge on any atom is -0.333 e. The maximum absolute atomic E-state index is 13.8. The number of hydrogen-bond donors (Lipinski definition) is 0. The normalized spacial score (nSPS) is 12.0. The summed E-state index contributed by atoms with van der Waals surface area (Å²) in [5.41, 5.74) is 3.53. The molecule has 0 fully saturated rings. The molecule has 4 aromatic rings. The molecule has 180 valence electrons. The quantitative estimate of drug-likeness (QED) is 0.303. The third-order valence-corrected chi connectivity index (χ3v) is 6.38. The van der Waals surface area contributed by atoms with E-state index in [1.165, 1.54) is 0 Å². The minimum absolute atomic E-state index is 0.0840. The Morgan fingerprint density at radius 2 is 1.71 bits per heavy atom. The summed E-state index contributed by atoms with van der Waals surface area (Å²) in [7, 11) is 0. The van der Waals surface area contributed by atoms with Gasteiger partial charge >= 0.3 is 0 Å². The van der Waals surface area contributed by atoms with Crippen LogP contribution < -0.4 is 5.56 Å². The van der Waals surface area contributed by atoms with Gasteiger partial charge in [-0.05, 0) is 61.6 Å². The third kappa shape index (κ3) is 5.35. The molecule has 4 rings (SSSR count). The van der Waals surface area contributed by atoms with E-state index in [0.29, 0.717) is 42.5 Å². The van der Waals surface area contributed by atoms with Crippen LogP contribution in [0.3, 0.4) is 0 Å². The molecule has 1 heterocycles. The van der Waals surface area contributed by atoms with Crippen LogP contribution in [-0.2, 0) is 11.2 Å². The van der Waals surface area contributed by atoms with E-state index in [9.17, 15) is 9.59 Å². The summed E-state index contributed by atoms with van der Waals surface area (Å²) in [6.45, 7) is 6.75. The van der Waals surface area contributed by atoms with Crippen LogP contribution in [0.1, 0.15) is 56.1 Å². The van der Waals surface area contributed by atoms with Crippen LogP contribution in [0.4, 0.5) is 0 Å². The Bertz CT molecular complexity index is 1360. The first-order valence-corrected chi connectivity index (χ1v) is 12.5. The lowest BCUT2D eigenvalue weighted by Crippen LogP contribution is -2.39. The second-order valence-electron chi connectivity index (χ2n) is 8.96. The van der Waals surface area contributed by atoms with Gasteiger partial charge in [0.1, 0.15) is 5.82 Å². The van der Waals surface area contributed by atoms with Gasteiger partial charge in [0.2, 0.25) is 5.91 Å². The van der Waals surface area contributed by atoms with Crippen LogP contribution in [0, 0.1) is 6.92 Å². The average molecular weight is 468 g/mol. The summed E-state index contributed by atoms with van der Waals surface area (Å²) in [5.74, 6) is 0.698. The van der Waals surface area contributed by atoms with Gasteiger partial charge in [0.15, 0.2) is 0 Å². The molecule has 0 saturated carbocycles. The summed E-state index contributed by atoms with van der Waals surface area (Å²) < 4.78 is 1.70. The zero-order chi connectivity index (χ0) is 24.8. The second-order valence-corrected chi connectivity index (χ2v) is 8.96. The molecule has 5 heteroatoms. The van der Waals surface area contributed by atoms with E-state index in [2.05, 4.69) is 26.0 Å². The van der Waals surface area contributed by atoms with Gasteiger partial charge in [-0.15, -0.1) is 0 Å². The van der Waals surface area contributed by atoms with Crippen LogP contribution in [0.15, 0.2) is 83.7 Å². The molecule has 0 saturated heterocycles. The fraction of sp³-hybridized carbons (Fsp3) is 0.300. The van der Waals surface area contributed by atoms with Gasteiger partial charge in [-0.3, -0.25) is 14.2 Å². The molecule has 3 aromatic carbocycles. The van der Waals surface area contributed by atoms with Gasteiger partial charge in [-0.1, -0.05) is 68.4 Å². The van der Waals surface area contributed by atoms with Crippen LogP contribution in [0.25, 0.3) is 16.6 Å². The Labute approximate surface area is 207 Å². The fourth-order valence-electron chi connectivity index (χ4n) is 4.67. The first-order chi connectivity index (χ1) is 17.0. The van der Waals surface area contributed by atoms with Crippen molar-refractivity contribution in [1.82, 2.24) is 14.5 Å². The van der Waals surface area contributed by atoms with Gasteiger partial charge in [-0.2, -0.15) is 0 Å². The number of rotatable bonds is 9. The van der Waals surface area contributed by atoms with Crippen LogP contribution in [0.5, 0.6) is 0 Å². The number of carbonyl (C=O) groups excluding carboxylic acids is 1. The molecule has 0 aliphatic rings. The van der Waals surface area contributed by atoms with Gasteiger partial charge < -0.3 is 4.90 Å². The Morgan fingerprint density at radius 1 is 0.971 bits per heavy atom. The number of benzene rings is 3. The largest absolute Gasteiger partial charge is 0.333 e. The monoisotopic (exact) mass is 467 g/mol. The molecule has 5 nitrogen and oxygen atoms in total. The number of para-hydroxylation sites is 1. The first kappa shape index (κ1) is 24.4. The van der Waals surface area contributed by atoms with E-state index in [1.807, 2.05) is 78.6 Å². The lowest BCUT2D eigenvalue weighted by atomic mass is 10.1.